The van der Waals surface area contributed by atoms with E-state index in [-0.39, 0.29) is 11.8 Å². The van der Waals surface area contributed by atoms with Crippen molar-refractivity contribution in [2.75, 3.05) is 27.4 Å². The van der Waals surface area contributed by atoms with Gasteiger partial charge in [-0.25, -0.2) is 9.59 Å². The van der Waals surface area contributed by atoms with Crippen molar-refractivity contribution in [1.29, 1.82) is 0 Å². The molecule has 1 aliphatic heterocycles. The van der Waals surface area contributed by atoms with Gasteiger partial charge >= 0.3 is 12.1 Å². The lowest BCUT2D eigenvalue weighted by molar-refractivity contribution is -0.152. The van der Waals surface area contributed by atoms with Crippen LogP contribution in [-0.2, 0) is 19.1 Å². The van der Waals surface area contributed by atoms with Gasteiger partial charge in [-0.05, 0) is 29.6 Å². The number of hydrogen-bond donors (Lipinski definition) is 1. The van der Waals surface area contributed by atoms with Crippen molar-refractivity contribution in [2.45, 2.75) is 39.3 Å². The molecular weight excluding hydrogens is 389 g/mol. The number of carbonyl (C=O) groups is 3. The quantitative estimate of drug-likeness (QED) is 0.506. The predicted molar refractivity (Wildman–Crippen MR) is 112 cm³/mol. The Morgan fingerprint density at radius 1 is 1.30 bits per heavy atom. The normalized spacial score (nSPS) is 19.7. The minimum atomic E-state index is -0.861. The molecule has 0 unspecified atom stereocenters. The van der Waals surface area contributed by atoms with Crippen molar-refractivity contribution in [3.05, 3.63) is 18.3 Å². The maximum absolute atomic E-state index is 13.3. The smallest absolute Gasteiger partial charge is 0.407 e. The zero-order chi connectivity index (χ0) is 22.5. The van der Waals surface area contributed by atoms with Gasteiger partial charge in [0, 0.05) is 18.7 Å². The second-order valence-electron chi connectivity index (χ2n) is 8.51. The number of carbonyl (C=O) groups excluding carboxylic acids is 3. The zero-order valence-corrected chi connectivity index (χ0v) is 18.4. The van der Waals surface area contributed by atoms with Gasteiger partial charge in [-0.2, -0.15) is 0 Å². The van der Waals surface area contributed by atoms with Gasteiger partial charge in [-0.15, -0.1) is 0 Å². The first-order valence-corrected chi connectivity index (χ1v) is 9.85. The van der Waals surface area contributed by atoms with Crippen LogP contribution in [0.15, 0.2) is 18.3 Å². The second-order valence-corrected chi connectivity index (χ2v) is 8.51. The van der Waals surface area contributed by atoms with Crippen molar-refractivity contribution in [1.82, 2.24) is 15.2 Å². The van der Waals surface area contributed by atoms with E-state index in [4.69, 9.17) is 9.47 Å². The number of alkyl carbamates (subject to hydrolysis) is 1. The van der Waals surface area contributed by atoms with Crippen molar-refractivity contribution >= 4 is 31.4 Å². The van der Waals surface area contributed by atoms with Crippen LogP contribution in [0.4, 0.5) is 4.79 Å². The molecule has 2 amide bonds. The summed E-state index contributed by atoms with van der Waals surface area (Å²) in [6.07, 6.45) is 1.38. The molecule has 0 aliphatic carbocycles. The number of amides is 2. The number of esters is 1. The third kappa shape index (κ3) is 5.87. The summed E-state index contributed by atoms with van der Waals surface area (Å²) in [7, 11) is 4.40. The molecule has 0 radical (unpaired) electrons. The summed E-state index contributed by atoms with van der Waals surface area (Å²) >= 11 is 0. The maximum atomic E-state index is 13.3. The van der Waals surface area contributed by atoms with Gasteiger partial charge in [0.1, 0.15) is 17.8 Å². The summed E-state index contributed by atoms with van der Waals surface area (Å²) in [5.41, 5.74) is 0.250. The number of nitrogens with zero attached hydrogens (tertiary/aromatic N) is 2. The molecule has 1 N–H and O–H groups in total. The number of ether oxygens (including phenoxy) is 3. The molecule has 1 aromatic rings. The number of methoxy groups -OCH3 is 2. The molecule has 0 bridgehead atoms. The topological polar surface area (TPSA) is 107 Å². The molecule has 1 aliphatic rings. The molecule has 2 heterocycles. The third-order valence-electron chi connectivity index (χ3n) is 5.06. The van der Waals surface area contributed by atoms with E-state index in [1.54, 1.807) is 12.3 Å². The molecule has 10 heteroatoms. The van der Waals surface area contributed by atoms with Crippen LogP contribution < -0.4 is 15.6 Å². The number of aromatic nitrogens is 1. The SMILES string of the molecule is Bc1cc(OC[C@@H]2C[C@@H](C(=O)OC)N(C(=O)[C@@H](NC(=O)OC)C(C)(C)C)C2)ccn1. The van der Waals surface area contributed by atoms with Gasteiger partial charge in [0.25, 0.3) is 0 Å². The summed E-state index contributed by atoms with van der Waals surface area (Å²) in [6.45, 7) is 6.16. The fraction of sp³-hybridized carbons (Fsp3) is 0.600. The minimum absolute atomic E-state index is 0.0646. The molecule has 1 saturated heterocycles. The Kier molecular flexibility index (Phi) is 7.69. The third-order valence-corrected chi connectivity index (χ3v) is 5.06. The predicted octanol–water partition coefficient (Wildman–Crippen LogP) is -0.120. The summed E-state index contributed by atoms with van der Waals surface area (Å²) in [6, 6.07) is 1.99. The van der Waals surface area contributed by atoms with Crippen molar-refractivity contribution in [2.24, 2.45) is 11.3 Å². The molecule has 9 nitrogen and oxygen atoms in total. The van der Waals surface area contributed by atoms with Crippen LogP contribution in [0.5, 0.6) is 5.75 Å². The summed E-state index contributed by atoms with van der Waals surface area (Å²) in [5, 5.41) is 2.60. The number of nitrogens with one attached hydrogen (secondary N) is 1. The van der Waals surface area contributed by atoms with Crippen LogP contribution in [0.1, 0.15) is 27.2 Å². The van der Waals surface area contributed by atoms with Crippen LogP contribution in [0.2, 0.25) is 0 Å². The van der Waals surface area contributed by atoms with E-state index in [9.17, 15) is 14.4 Å². The minimum Gasteiger partial charge on any atom is -0.493 e. The highest BCUT2D eigenvalue weighted by Gasteiger charge is 2.45. The zero-order valence-electron chi connectivity index (χ0n) is 18.4. The molecule has 0 spiro atoms. The highest BCUT2D eigenvalue weighted by molar-refractivity contribution is 6.30. The van der Waals surface area contributed by atoms with Gasteiger partial charge < -0.3 is 24.4 Å². The lowest BCUT2D eigenvalue weighted by Gasteiger charge is -2.34. The number of pyridine rings is 1. The van der Waals surface area contributed by atoms with E-state index in [1.807, 2.05) is 34.7 Å². The van der Waals surface area contributed by atoms with E-state index in [0.717, 1.165) is 5.59 Å². The fourth-order valence-electron chi connectivity index (χ4n) is 3.46. The van der Waals surface area contributed by atoms with Crippen molar-refractivity contribution in [3.8, 4) is 5.75 Å². The Balaban J connectivity index is 2.17. The lowest BCUT2D eigenvalue weighted by Crippen LogP contribution is -2.56. The maximum Gasteiger partial charge on any atom is 0.407 e. The molecule has 0 saturated carbocycles. The number of rotatable bonds is 6. The molecule has 3 atom stereocenters. The van der Waals surface area contributed by atoms with E-state index in [1.165, 1.54) is 19.1 Å². The first kappa shape index (κ1) is 23.5. The van der Waals surface area contributed by atoms with E-state index in [2.05, 4.69) is 15.0 Å². The molecule has 2 rings (SSSR count). The molecular formula is C20H30BN3O6. The summed E-state index contributed by atoms with van der Waals surface area (Å²) in [4.78, 5) is 43.1. The van der Waals surface area contributed by atoms with Crippen LogP contribution in [0.25, 0.3) is 0 Å². The highest BCUT2D eigenvalue weighted by atomic mass is 16.5. The van der Waals surface area contributed by atoms with Gasteiger partial charge in [-0.3, -0.25) is 9.78 Å². The molecule has 1 fully saturated rings. The second kappa shape index (κ2) is 9.82. The fourth-order valence-corrected chi connectivity index (χ4v) is 3.46. The van der Waals surface area contributed by atoms with E-state index in [0.29, 0.717) is 25.3 Å². The standard InChI is InChI=1S/C20H30BN3O6/c1-20(2,3)16(23-19(27)29-5)17(25)24-10-12(8-14(24)18(26)28-4)11-30-13-6-7-22-15(21)9-13/h6-7,9,12,14,16H,8,10-11,21H2,1-5H3,(H,23,27)/t12-,14+,16-/m1/s1. The van der Waals surface area contributed by atoms with Crippen molar-refractivity contribution in [3.63, 3.8) is 0 Å². The highest BCUT2D eigenvalue weighted by Crippen LogP contribution is 2.29. The van der Waals surface area contributed by atoms with Crippen molar-refractivity contribution < 1.29 is 28.6 Å². The number of likely N-dealkylation sites (tertiary alicyclic amines) is 1. The van der Waals surface area contributed by atoms with Crippen LogP contribution in [0.3, 0.4) is 0 Å². The Morgan fingerprint density at radius 2 is 2.00 bits per heavy atom. The number of hydrogen-bond acceptors (Lipinski definition) is 7. The summed E-state index contributed by atoms with van der Waals surface area (Å²) in [5.74, 6) is -0.228. The lowest BCUT2D eigenvalue weighted by atomic mass is 9.85. The average Bonchev–Trinajstić information content (AvgIpc) is 3.12. The largest absolute Gasteiger partial charge is 0.493 e. The molecule has 30 heavy (non-hydrogen) atoms. The average molecular weight is 419 g/mol. The van der Waals surface area contributed by atoms with Crippen LogP contribution in [-0.4, -0.2) is 75.2 Å². The molecule has 0 aromatic carbocycles. The summed E-state index contributed by atoms with van der Waals surface area (Å²) < 4.78 is 15.4. The van der Waals surface area contributed by atoms with Crippen LogP contribution >= 0.6 is 0 Å². The van der Waals surface area contributed by atoms with Gasteiger partial charge in [-0.1, -0.05) is 20.8 Å². The first-order valence-electron chi connectivity index (χ1n) is 9.85. The van der Waals surface area contributed by atoms with E-state index < -0.39 is 29.6 Å². The monoisotopic (exact) mass is 419 g/mol. The first-order chi connectivity index (χ1) is 14.1. The van der Waals surface area contributed by atoms with Gasteiger partial charge in [0.2, 0.25) is 5.91 Å². The van der Waals surface area contributed by atoms with E-state index >= 15 is 0 Å². The van der Waals surface area contributed by atoms with Gasteiger partial charge in [0.15, 0.2) is 7.85 Å². The molecule has 1 aromatic heterocycles. The van der Waals surface area contributed by atoms with Gasteiger partial charge in [0.05, 0.1) is 20.8 Å². The Morgan fingerprint density at radius 3 is 2.57 bits per heavy atom. The van der Waals surface area contributed by atoms with Crippen LogP contribution in [0, 0.1) is 11.3 Å². The Labute approximate surface area is 177 Å². The Hall–Kier alpha value is -2.78. The molecule has 164 valence electrons. The Bertz CT molecular complexity index is 782.